The Hall–Kier alpha value is -1.28. The van der Waals surface area contributed by atoms with E-state index in [2.05, 4.69) is 44.3 Å². The summed E-state index contributed by atoms with van der Waals surface area (Å²) in [6.45, 7) is 6.97. The lowest BCUT2D eigenvalue weighted by Gasteiger charge is -2.35. The average molecular weight is 271 g/mol. The molecule has 0 radical (unpaired) electrons. The zero-order valence-corrected chi connectivity index (χ0v) is 12.8. The Morgan fingerprint density at radius 2 is 1.90 bits per heavy atom. The van der Waals surface area contributed by atoms with Gasteiger partial charge in [-0.2, -0.15) is 0 Å². The number of benzene rings is 1. The summed E-state index contributed by atoms with van der Waals surface area (Å²) < 4.78 is 5.95. The lowest BCUT2D eigenvalue weighted by Crippen LogP contribution is -2.36. The van der Waals surface area contributed by atoms with E-state index in [9.17, 15) is 0 Å². The van der Waals surface area contributed by atoms with Crippen molar-refractivity contribution in [2.45, 2.75) is 58.5 Å². The molecule has 0 spiro atoms. The summed E-state index contributed by atoms with van der Waals surface area (Å²) in [5.41, 5.74) is 1.52. The van der Waals surface area contributed by atoms with E-state index in [0.29, 0.717) is 11.5 Å². The van der Waals surface area contributed by atoms with Crippen LogP contribution in [-0.2, 0) is 0 Å². The summed E-state index contributed by atoms with van der Waals surface area (Å²) in [5, 5.41) is 4.94. The van der Waals surface area contributed by atoms with Crippen LogP contribution in [-0.4, -0.2) is 6.04 Å². The van der Waals surface area contributed by atoms with Crippen LogP contribution in [0.25, 0.3) is 11.0 Å². The van der Waals surface area contributed by atoms with Crippen LogP contribution in [0.5, 0.6) is 0 Å². The molecule has 3 rings (SSSR count). The molecular weight excluding hydrogens is 246 g/mol. The fraction of sp³-hybridized carbons (Fsp3) is 0.556. The first-order valence-corrected chi connectivity index (χ1v) is 7.78. The number of fused-ring (bicyclic) bond motifs is 1. The highest BCUT2D eigenvalue weighted by Gasteiger charge is 2.27. The van der Waals surface area contributed by atoms with Gasteiger partial charge >= 0.3 is 0 Å². The van der Waals surface area contributed by atoms with Crippen molar-refractivity contribution in [1.29, 1.82) is 0 Å². The second kappa shape index (κ2) is 5.25. The second-order valence-electron chi connectivity index (χ2n) is 7.01. The van der Waals surface area contributed by atoms with Gasteiger partial charge in [0.25, 0.3) is 0 Å². The van der Waals surface area contributed by atoms with E-state index in [-0.39, 0.29) is 6.04 Å². The monoisotopic (exact) mass is 271 g/mol. The van der Waals surface area contributed by atoms with Crippen LogP contribution in [0.4, 0.5) is 0 Å². The Balaban J connectivity index is 1.66. The van der Waals surface area contributed by atoms with Crippen LogP contribution in [0.15, 0.2) is 34.7 Å². The highest BCUT2D eigenvalue weighted by molar-refractivity contribution is 5.77. The lowest BCUT2D eigenvalue weighted by molar-refractivity contribution is 0.197. The molecule has 2 heteroatoms. The van der Waals surface area contributed by atoms with E-state index in [4.69, 9.17) is 4.42 Å². The first-order chi connectivity index (χ1) is 9.53. The highest BCUT2D eigenvalue weighted by Crippen LogP contribution is 2.36. The summed E-state index contributed by atoms with van der Waals surface area (Å²) in [4.78, 5) is 0. The smallest absolute Gasteiger partial charge is 0.134 e. The summed E-state index contributed by atoms with van der Waals surface area (Å²) >= 11 is 0. The Morgan fingerprint density at radius 3 is 2.60 bits per heavy atom. The number of nitrogens with one attached hydrogen (secondary N) is 1. The molecule has 20 heavy (non-hydrogen) atoms. The van der Waals surface area contributed by atoms with E-state index in [1.807, 2.05) is 12.1 Å². The first-order valence-electron chi connectivity index (χ1n) is 7.78. The van der Waals surface area contributed by atoms with Crippen molar-refractivity contribution in [1.82, 2.24) is 5.32 Å². The number of rotatable bonds is 3. The topological polar surface area (TPSA) is 25.2 Å². The van der Waals surface area contributed by atoms with Crippen molar-refractivity contribution in [3.63, 3.8) is 0 Å². The van der Waals surface area contributed by atoms with Gasteiger partial charge in [-0.1, -0.05) is 32.0 Å². The Kier molecular flexibility index (Phi) is 3.59. The van der Waals surface area contributed by atoms with Crippen LogP contribution in [0.3, 0.4) is 0 Å². The van der Waals surface area contributed by atoms with E-state index in [1.165, 1.54) is 31.1 Å². The minimum absolute atomic E-state index is 0.286. The molecule has 0 aliphatic heterocycles. The van der Waals surface area contributed by atoms with Gasteiger partial charge in [0, 0.05) is 11.4 Å². The molecule has 1 saturated carbocycles. The van der Waals surface area contributed by atoms with Crippen LogP contribution in [0, 0.1) is 5.41 Å². The number of hydrogen-bond donors (Lipinski definition) is 1. The first kappa shape index (κ1) is 13.7. The molecule has 1 aliphatic rings. The van der Waals surface area contributed by atoms with Crippen LogP contribution in [0.1, 0.15) is 58.3 Å². The molecule has 1 atom stereocenters. The fourth-order valence-corrected chi connectivity index (χ4v) is 3.22. The number of furan rings is 1. The predicted octanol–water partition coefficient (Wildman–Crippen LogP) is 5.05. The van der Waals surface area contributed by atoms with Gasteiger partial charge in [-0.05, 0) is 50.2 Å². The van der Waals surface area contributed by atoms with Gasteiger partial charge in [0.2, 0.25) is 0 Å². The molecule has 1 N–H and O–H groups in total. The minimum atomic E-state index is 0.286. The SMILES string of the molecule is CC(NC1CCC(C)(C)CC1)c1cc2ccccc2o1. The number of para-hydroxylation sites is 1. The van der Waals surface area contributed by atoms with Crippen LogP contribution < -0.4 is 5.32 Å². The molecule has 1 aliphatic carbocycles. The summed E-state index contributed by atoms with van der Waals surface area (Å²) in [7, 11) is 0. The second-order valence-corrected chi connectivity index (χ2v) is 7.01. The average Bonchev–Trinajstić information content (AvgIpc) is 2.85. The molecule has 0 saturated heterocycles. The Morgan fingerprint density at radius 1 is 1.20 bits per heavy atom. The largest absolute Gasteiger partial charge is 0.459 e. The van der Waals surface area contributed by atoms with Crippen molar-refractivity contribution in [3.8, 4) is 0 Å². The standard InChI is InChI=1S/C18H25NO/c1-13(19-15-8-10-18(2,3)11-9-15)17-12-14-6-4-5-7-16(14)20-17/h4-7,12-13,15,19H,8-11H2,1-3H3. The van der Waals surface area contributed by atoms with Gasteiger partial charge < -0.3 is 9.73 Å². The van der Waals surface area contributed by atoms with E-state index < -0.39 is 0 Å². The molecule has 0 amide bonds. The Labute approximate surface area is 121 Å². The van der Waals surface area contributed by atoms with Gasteiger partial charge in [0.1, 0.15) is 11.3 Å². The van der Waals surface area contributed by atoms with Gasteiger partial charge in [-0.25, -0.2) is 0 Å². The maximum Gasteiger partial charge on any atom is 0.134 e. The molecule has 108 valence electrons. The molecule has 1 aromatic carbocycles. The third-order valence-electron chi connectivity index (χ3n) is 4.70. The van der Waals surface area contributed by atoms with Crippen molar-refractivity contribution in [2.24, 2.45) is 5.41 Å². The zero-order chi connectivity index (χ0) is 14.2. The normalized spacial score (nSPS) is 21.1. The molecule has 1 unspecified atom stereocenters. The maximum absolute atomic E-state index is 5.95. The summed E-state index contributed by atoms with van der Waals surface area (Å²) in [5.74, 6) is 1.05. The molecule has 2 nitrogen and oxygen atoms in total. The van der Waals surface area contributed by atoms with Gasteiger partial charge in [0.05, 0.1) is 6.04 Å². The minimum Gasteiger partial charge on any atom is -0.459 e. The van der Waals surface area contributed by atoms with Gasteiger partial charge in [-0.15, -0.1) is 0 Å². The third-order valence-corrected chi connectivity index (χ3v) is 4.70. The van der Waals surface area contributed by atoms with Crippen molar-refractivity contribution >= 4 is 11.0 Å². The lowest BCUT2D eigenvalue weighted by atomic mass is 9.75. The van der Waals surface area contributed by atoms with E-state index in [0.717, 1.165) is 11.3 Å². The third kappa shape index (κ3) is 2.90. The fourth-order valence-electron chi connectivity index (χ4n) is 3.22. The van der Waals surface area contributed by atoms with E-state index in [1.54, 1.807) is 0 Å². The van der Waals surface area contributed by atoms with Crippen LogP contribution >= 0.6 is 0 Å². The predicted molar refractivity (Wildman–Crippen MR) is 83.8 cm³/mol. The molecule has 0 bridgehead atoms. The van der Waals surface area contributed by atoms with E-state index >= 15 is 0 Å². The molecule has 2 aromatic rings. The van der Waals surface area contributed by atoms with Crippen molar-refractivity contribution in [2.75, 3.05) is 0 Å². The van der Waals surface area contributed by atoms with Crippen molar-refractivity contribution in [3.05, 3.63) is 36.1 Å². The molecule has 1 fully saturated rings. The summed E-state index contributed by atoms with van der Waals surface area (Å²) in [6, 6.07) is 11.3. The highest BCUT2D eigenvalue weighted by atomic mass is 16.3. The summed E-state index contributed by atoms with van der Waals surface area (Å²) in [6.07, 6.45) is 5.18. The van der Waals surface area contributed by atoms with Gasteiger partial charge in [0.15, 0.2) is 0 Å². The number of hydrogen-bond acceptors (Lipinski definition) is 2. The van der Waals surface area contributed by atoms with Gasteiger partial charge in [-0.3, -0.25) is 0 Å². The quantitative estimate of drug-likeness (QED) is 0.844. The molecule has 1 heterocycles. The Bertz CT molecular complexity index is 541. The van der Waals surface area contributed by atoms with Crippen LogP contribution in [0.2, 0.25) is 0 Å². The zero-order valence-electron chi connectivity index (χ0n) is 12.8. The van der Waals surface area contributed by atoms with Crippen molar-refractivity contribution < 1.29 is 4.42 Å². The maximum atomic E-state index is 5.95. The molecular formula is C18H25NO. The molecule has 1 aromatic heterocycles.